The van der Waals surface area contributed by atoms with E-state index in [0.717, 1.165) is 10.8 Å². The minimum Gasteiger partial charge on any atom is -0.369 e. The minimum absolute atomic E-state index is 0.0396. The Morgan fingerprint density at radius 3 is 2.53 bits per heavy atom. The molecule has 0 amide bonds. The molecule has 1 heterocycles. The first-order valence-corrected chi connectivity index (χ1v) is 7.00. The normalized spacial score (nSPS) is 13.1. The van der Waals surface area contributed by atoms with Gasteiger partial charge in [0.25, 0.3) is 0 Å². The van der Waals surface area contributed by atoms with Gasteiger partial charge in [-0.05, 0) is 12.1 Å². The largest absolute Gasteiger partial charge is 0.406 e. The Labute approximate surface area is 106 Å². The lowest BCUT2D eigenvalue weighted by molar-refractivity contribution is -0.139. The molecule has 0 fully saturated rings. The average Bonchev–Trinajstić information content (AvgIpc) is 2.52. The van der Waals surface area contributed by atoms with Crippen LogP contribution in [0.25, 0.3) is 11.0 Å². The van der Waals surface area contributed by atoms with Crippen LogP contribution in [0.3, 0.4) is 0 Å². The highest BCUT2D eigenvalue weighted by Gasteiger charge is 2.30. The number of hydrogen-bond donors (Lipinski definition) is 1. The summed E-state index contributed by atoms with van der Waals surface area (Å²) in [5.41, 5.74) is 5.42. The molecule has 9 heteroatoms. The fourth-order valence-electron chi connectivity index (χ4n) is 1.78. The predicted octanol–water partition coefficient (Wildman–Crippen LogP) is 1.58. The highest BCUT2D eigenvalue weighted by Crippen LogP contribution is 2.28. The molecule has 19 heavy (non-hydrogen) atoms. The van der Waals surface area contributed by atoms with Crippen molar-refractivity contribution >= 4 is 26.8 Å². The fourth-order valence-corrected chi connectivity index (χ4v) is 2.61. The lowest BCUT2D eigenvalue weighted by Gasteiger charge is -2.09. The Morgan fingerprint density at radius 1 is 1.37 bits per heavy atom. The topological polar surface area (TPSA) is 78.0 Å². The number of alkyl halides is 3. The zero-order valence-corrected chi connectivity index (χ0v) is 10.6. The first-order valence-electron chi connectivity index (χ1n) is 5.11. The van der Waals surface area contributed by atoms with Gasteiger partial charge >= 0.3 is 6.18 Å². The van der Waals surface area contributed by atoms with Crippen molar-refractivity contribution in [1.82, 2.24) is 9.55 Å². The summed E-state index contributed by atoms with van der Waals surface area (Å²) in [7, 11) is -3.59. The van der Waals surface area contributed by atoms with E-state index >= 15 is 0 Å². The molecular formula is C10H10F3N3O2S. The number of anilines is 1. The van der Waals surface area contributed by atoms with Gasteiger partial charge < -0.3 is 10.3 Å². The summed E-state index contributed by atoms with van der Waals surface area (Å²) in [5.74, 6) is -0.372. The van der Waals surface area contributed by atoms with Crippen molar-refractivity contribution in [2.45, 2.75) is 17.6 Å². The SMILES string of the molecule is CS(=O)(=O)c1cccc2c1nc(N)n2CC(F)(F)F. The van der Waals surface area contributed by atoms with Gasteiger partial charge in [0.2, 0.25) is 5.95 Å². The lowest BCUT2D eigenvalue weighted by atomic mass is 10.3. The van der Waals surface area contributed by atoms with E-state index in [1.807, 2.05) is 0 Å². The van der Waals surface area contributed by atoms with Gasteiger partial charge in [0.15, 0.2) is 9.84 Å². The summed E-state index contributed by atoms with van der Waals surface area (Å²) in [6, 6.07) is 3.98. The van der Waals surface area contributed by atoms with Gasteiger partial charge in [-0.3, -0.25) is 0 Å². The van der Waals surface area contributed by atoms with Crippen LogP contribution in [0.5, 0.6) is 0 Å². The van der Waals surface area contributed by atoms with Crippen LogP contribution in [-0.2, 0) is 16.4 Å². The molecule has 0 aliphatic heterocycles. The number of nitrogens with zero attached hydrogens (tertiary/aromatic N) is 2. The number of sulfone groups is 1. The summed E-state index contributed by atoms with van der Waals surface area (Å²) < 4.78 is 61.1. The zero-order chi connectivity index (χ0) is 14.4. The standard InChI is InChI=1S/C10H10F3N3O2S/c1-19(17,18)7-4-2-3-6-8(7)15-9(14)16(6)5-10(11,12)13/h2-4H,5H2,1H3,(H2,14,15). The van der Waals surface area contributed by atoms with Gasteiger partial charge in [0.1, 0.15) is 12.1 Å². The molecule has 0 saturated carbocycles. The van der Waals surface area contributed by atoms with Crippen LogP contribution in [0.4, 0.5) is 19.1 Å². The van der Waals surface area contributed by atoms with Crippen molar-refractivity contribution in [2.24, 2.45) is 0 Å². The monoisotopic (exact) mass is 293 g/mol. The number of hydrogen-bond acceptors (Lipinski definition) is 4. The molecule has 2 aromatic rings. The molecule has 0 saturated heterocycles. The van der Waals surface area contributed by atoms with Crippen LogP contribution >= 0.6 is 0 Å². The van der Waals surface area contributed by atoms with Crippen LogP contribution in [0.15, 0.2) is 23.1 Å². The van der Waals surface area contributed by atoms with Crippen LogP contribution in [0.1, 0.15) is 0 Å². The average molecular weight is 293 g/mol. The van der Waals surface area contributed by atoms with E-state index < -0.39 is 22.6 Å². The Morgan fingerprint density at radius 2 is 2.00 bits per heavy atom. The summed E-state index contributed by atoms with van der Waals surface area (Å²) in [6.07, 6.45) is -3.51. The van der Waals surface area contributed by atoms with Crippen molar-refractivity contribution in [3.8, 4) is 0 Å². The van der Waals surface area contributed by atoms with E-state index in [0.29, 0.717) is 0 Å². The van der Waals surface area contributed by atoms with Crippen molar-refractivity contribution < 1.29 is 21.6 Å². The fraction of sp³-hybridized carbons (Fsp3) is 0.300. The molecule has 0 spiro atoms. The minimum atomic E-state index is -4.47. The van der Waals surface area contributed by atoms with Crippen LogP contribution in [-0.4, -0.2) is 30.4 Å². The molecular weight excluding hydrogens is 283 g/mol. The molecule has 0 unspecified atom stereocenters. The van der Waals surface area contributed by atoms with Gasteiger partial charge in [-0.15, -0.1) is 0 Å². The summed E-state index contributed by atoms with van der Waals surface area (Å²) >= 11 is 0. The number of aromatic nitrogens is 2. The molecule has 1 aromatic carbocycles. The van der Waals surface area contributed by atoms with Crippen molar-refractivity contribution in [2.75, 3.05) is 12.0 Å². The maximum Gasteiger partial charge on any atom is 0.406 e. The van der Waals surface area contributed by atoms with E-state index in [4.69, 9.17) is 5.73 Å². The third kappa shape index (κ3) is 2.65. The van der Waals surface area contributed by atoms with E-state index in [9.17, 15) is 21.6 Å². The summed E-state index contributed by atoms with van der Waals surface area (Å²) in [6.45, 7) is -1.32. The number of imidazole rings is 1. The second-order valence-electron chi connectivity index (χ2n) is 4.07. The second kappa shape index (κ2) is 4.12. The van der Waals surface area contributed by atoms with Crippen LogP contribution in [0, 0.1) is 0 Å². The van der Waals surface area contributed by atoms with Gasteiger partial charge in [0.05, 0.1) is 10.4 Å². The maximum absolute atomic E-state index is 12.4. The van der Waals surface area contributed by atoms with E-state index in [1.54, 1.807) is 0 Å². The van der Waals surface area contributed by atoms with Crippen LogP contribution in [0.2, 0.25) is 0 Å². The molecule has 104 valence electrons. The van der Waals surface area contributed by atoms with Crippen molar-refractivity contribution in [3.05, 3.63) is 18.2 Å². The summed E-state index contributed by atoms with van der Waals surface area (Å²) in [5, 5.41) is 0. The first kappa shape index (κ1) is 13.7. The van der Waals surface area contributed by atoms with E-state index in [-0.39, 0.29) is 21.9 Å². The lowest BCUT2D eigenvalue weighted by Crippen LogP contribution is -2.19. The quantitative estimate of drug-likeness (QED) is 0.912. The summed E-state index contributed by atoms with van der Waals surface area (Å²) in [4.78, 5) is 3.58. The number of rotatable bonds is 2. The van der Waals surface area contributed by atoms with E-state index in [1.165, 1.54) is 18.2 Å². The number of fused-ring (bicyclic) bond motifs is 1. The number of benzene rings is 1. The third-order valence-electron chi connectivity index (χ3n) is 2.51. The van der Waals surface area contributed by atoms with Crippen molar-refractivity contribution in [3.63, 3.8) is 0 Å². The number of halogens is 3. The number of para-hydroxylation sites is 1. The zero-order valence-electron chi connectivity index (χ0n) is 9.77. The molecule has 0 radical (unpaired) electrons. The smallest absolute Gasteiger partial charge is 0.369 e. The predicted molar refractivity (Wildman–Crippen MR) is 63.3 cm³/mol. The Balaban J connectivity index is 2.73. The van der Waals surface area contributed by atoms with Gasteiger partial charge in [-0.1, -0.05) is 6.07 Å². The first-order chi connectivity index (χ1) is 8.59. The Bertz CT molecular complexity index is 734. The molecule has 5 nitrogen and oxygen atoms in total. The van der Waals surface area contributed by atoms with Gasteiger partial charge in [-0.2, -0.15) is 13.2 Å². The highest BCUT2D eigenvalue weighted by atomic mass is 32.2. The molecule has 0 aliphatic carbocycles. The maximum atomic E-state index is 12.4. The van der Waals surface area contributed by atoms with Gasteiger partial charge in [-0.25, -0.2) is 13.4 Å². The Hall–Kier alpha value is -1.77. The third-order valence-corrected chi connectivity index (χ3v) is 3.64. The van der Waals surface area contributed by atoms with Crippen LogP contribution < -0.4 is 5.73 Å². The number of nitrogens with two attached hydrogens (primary N) is 1. The van der Waals surface area contributed by atoms with Gasteiger partial charge in [0, 0.05) is 6.26 Å². The van der Waals surface area contributed by atoms with E-state index in [2.05, 4.69) is 4.98 Å². The van der Waals surface area contributed by atoms with Crippen molar-refractivity contribution in [1.29, 1.82) is 0 Å². The highest BCUT2D eigenvalue weighted by molar-refractivity contribution is 7.91. The molecule has 0 bridgehead atoms. The molecule has 1 aromatic heterocycles. The Kier molecular flexibility index (Phi) is 2.96. The number of nitrogen functional groups attached to an aromatic ring is 1. The molecule has 0 aliphatic rings. The molecule has 0 atom stereocenters. The molecule has 2 N–H and O–H groups in total. The molecule has 2 rings (SSSR count). The second-order valence-corrected chi connectivity index (χ2v) is 6.05.